The second kappa shape index (κ2) is 5.09. The van der Waals surface area contributed by atoms with Crippen LogP contribution in [0.5, 0.6) is 0 Å². The average Bonchev–Trinajstić information content (AvgIpc) is 2.32. The van der Waals surface area contributed by atoms with Gasteiger partial charge in [0.1, 0.15) is 6.07 Å². The first-order valence-electron chi connectivity index (χ1n) is 5.87. The molecule has 1 unspecified atom stereocenters. The Bertz CT molecular complexity index is 394. The SMILES string of the molecule is CC1CCCCN1Cc1cncc(C#N)c1. The number of piperidine rings is 1. The second-order valence-electron chi connectivity index (χ2n) is 4.51. The highest BCUT2D eigenvalue weighted by molar-refractivity contribution is 5.28. The van der Waals surface area contributed by atoms with Gasteiger partial charge in [-0.1, -0.05) is 6.42 Å². The molecule has 0 N–H and O–H groups in total. The molecule has 0 aliphatic carbocycles. The van der Waals surface area contributed by atoms with Gasteiger partial charge in [0.2, 0.25) is 0 Å². The molecule has 1 aliphatic heterocycles. The summed E-state index contributed by atoms with van der Waals surface area (Å²) >= 11 is 0. The summed E-state index contributed by atoms with van der Waals surface area (Å²) in [5.74, 6) is 0. The molecule has 2 heterocycles. The maximum atomic E-state index is 8.82. The summed E-state index contributed by atoms with van der Waals surface area (Å²) < 4.78 is 0. The quantitative estimate of drug-likeness (QED) is 0.760. The molecule has 0 bridgehead atoms. The predicted molar refractivity (Wildman–Crippen MR) is 62.7 cm³/mol. The lowest BCUT2D eigenvalue weighted by Crippen LogP contribution is -2.36. The highest BCUT2D eigenvalue weighted by Gasteiger charge is 2.18. The maximum Gasteiger partial charge on any atom is 0.101 e. The average molecular weight is 215 g/mol. The van der Waals surface area contributed by atoms with Crippen LogP contribution in [0.2, 0.25) is 0 Å². The summed E-state index contributed by atoms with van der Waals surface area (Å²) in [6, 6.07) is 4.73. The highest BCUT2D eigenvalue weighted by Crippen LogP contribution is 2.18. The van der Waals surface area contributed by atoms with Crippen LogP contribution in [-0.2, 0) is 6.54 Å². The van der Waals surface area contributed by atoms with Crippen molar-refractivity contribution in [2.75, 3.05) is 6.54 Å². The first kappa shape index (κ1) is 11.1. The van der Waals surface area contributed by atoms with Crippen molar-refractivity contribution in [3.05, 3.63) is 29.6 Å². The van der Waals surface area contributed by atoms with E-state index in [9.17, 15) is 0 Å². The Kier molecular flexibility index (Phi) is 3.53. The van der Waals surface area contributed by atoms with Crippen LogP contribution >= 0.6 is 0 Å². The van der Waals surface area contributed by atoms with Gasteiger partial charge in [0.25, 0.3) is 0 Å². The zero-order valence-corrected chi connectivity index (χ0v) is 9.69. The molecule has 1 aromatic rings. The molecule has 1 saturated heterocycles. The number of nitrogens with zero attached hydrogens (tertiary/aromatic N) is 3. The zero-order valence-electron chi connectivity index (χ0n) is 9.69. The van der Waals surface area contributed by atoms with Gasteiger partial charge in [-0.3, -0.25) is 9.88 Å². The fraction of sp³-hybridized carbons (Fsp3) is 0.538. The lowest BCUT2D eigenvalue weighted by atomic mass is 10.0. The molecule has 1 aromatic heterocycles. The Morgan fingerprint density at radius 3 is 3.12 bits per heavy atom. The molecular weight excluding hydrogens is 198 g/mol. The molecule has 1 atom stereocenters. The molecule has 0 aromatic carbocycles. The van der Waals surface area contributed by atoms with Crippen LogP contribution in [0.1, 0.15) is 37.3 Å². The number of rotatable bonds is 2. The number of nitriles is 1. The Morgan fingerprint density at radius 1 is 1.50 bits per heavy atom. The Labute approximate surface area is 96.7 Å². The van der Waals surface area contributed by atoms with E-state index in [1.807, 2.05) is 12.3 Å². The topological polar surface area (TPSA) is 39.9 Å². The van der Waals surface area contributed by atoms with Crippen molar-refractivity contribution >= 4 is 0 Å². The van der Waals surface area contributed by atoms with Crippen molar-refractivity contribution in [1.82, 2.24) is 9.88 Å². The van der Waals surface area contributed by atoms with Crippen LogP contribution in [0.4, 0.5) is 0 Å². The van der Waals surface area contributed by atoms with Crippen LogP contribution < -0.4 is 0 Å². The Morgan fingerprint density at radius 2 is 2.38 bits per heavy atom. The van der Waals surface area contributed by atoms with Crippen LogP contribution in [0.3, 0.4) is 0 Å². The number of hydrogen-bond donors (Lipinski definition) is 0. The summed E-state index contributed by atoms with van der Waals surface area (Å²) in [4.78, 5) is 6.57. The van der Waals surface area contributed by atoms with Gasteiger partial charge >= 0.3 is 0 Å². The molecule has 0 spiro atoms. The van der Waals surface area contributed by atoms with Crippen molar-refractivity contribution in [3.63, 3.8) is 0 Å². The molecule has 3 heteroatoms. The molecule has 2 rings (SSSR count). The minimum absolute atomic E-state index is 0.652. The molecular formula is C13H17N3. The van der Waals surface area contributed by atoms with Crippen LogP contribution in [0.15, 0.2) is 18.5 Å². The van der Waals surface area contributed by atoms with Crippen LogP contribution in [0, 0.1) is 11.3 Å². The normalized spacial score (nSPS) is 21.6. The van der Waals surface area contributed by atoms with Gasteiger partial charge in [-0.15, -0.1) is 0 Å². The fourth-order valence-corrected chi connectivity index (χ4v) is 2.26. The maximum absolute atomic E-state index is 8.82. The van der Waals surface area contributed by atoms with Crippen LogP contribution in [-0.4, -0.2) is 22.5 Å². The number of hydrogen-bond acceptors (Lipinski definition) is 3. The first-order chi connectivity index (χ1) is 7.79. The summed E-state index contributed by atoms with van der Waals surface area (Å²) in [7, 11) is 0. The number of aromatic nitrogens is 1. The van der Waals surface area contributed by atoms with Gasteiger partial charge in [-0.25, -0.2) is 0 Å². The zero-order chi connectivity index (χ0) is 11.4. The molecule has 1 fully saturated rings. The third-order valence-electron chi connectivity index (χ3n) is 3.25. The lowest BCUT2D eigenvalue weighted by Gasteiger charge is -2.33. The first-order valence-corrected chi connectivity index (χ1v) is 5.87. The highest BCUT2D eigenvalue weighted by atomic mass is 15.2. The van der Waals surface area contributed by atoms with Gasteiger partial charge < -0.3 is 0 Å². The molecule has 1 aliphatic rings. The van der Waals surface area contributed by atoms with Crippen LogP contribution in [0.25, 0.3) is 0 Å². The van der Waals surface area contributed by atoms with E-state index in [0.717, 1.165) is 18.7 Å². The summed E-state index contributed by atoms with van der Waals surface area (Å²) in [5.41, 5.74) is 1.80. The summed E-state index contributed by atoms with van der Waals surface area (Å²) in [5, 5.41) is 8.82. The van der Waals surface area contributed by atoms with Crippen molar-refractivity contribution in [2.45, 2.75) is 38.8 Å². The smallest absolute Gasteiger partial charge is 0.101 e. The molecule has 3 nitrogen and oxygen atoms in total. The van der Waals surface area contributed by atoms with Crippen molar-refractivity contribution < 1.29 is 0 Å². The van der Waals surface area contributed by atoms with E-state index in [0.29, 0.717) is 11.6 Å². The second-order valence-corrected chi connectivity index (χ2v) is 4.51. The van der Waals surface area contributed by atoms with Gasteiger partial charge in [0, 0.05) is 25.0 Å². The largest absolute Gasteiger partial charge is 0.296 e. The van der Waals surface area contributed by atoms with E-state index in [4.69, 9.17) is 5.26 Å². The van der Waals surface area contributed by atoms with Gasteiger partial charge in [-0.2, -0.15) is 5.26 Å². The van der Waals surface area contributed by atoms with Crippen molar-refractivity contribution in [1.29, 1.82) is 5.26 Å². The van der Waals surface area contributed by atoms with E-state index < -0.39 is 0 Å². The summed E-state index contributed by atoms with van der Waals surface area (Å²) in [6.07, 6.45) is 7.39. The summed E-state index contributed by atoms with van der Waals surface area (Å²) in [6.45, 7) is 4.36. The Balaban J connectivity index is 2.05. The molecule has 84 valence electrons. The monoisotopic (exact) mass is 215 g/mol. The van der Waals surface area contributed by atoms with Crippen molar-refractivity contribution in [3.8, 4) is 6.07 Å². The minimum atomic E-state index is 0.652. The minimum Gasteiger partial charge on any atom is -0.296 e. The van der Waals surface area contributed by atoms with E-state index >= 15 is 0 Å². The number of pyridine rings is 1. The number of likely N-dealkylation sites (tertiary alicyclic amines) is 1. The molecule has 0 amide bonds. The van der Waals surface area contributed by atoms with Gasteiger partial charge in [0.15, 0.2) is 0 Å². The van der Waals surface area contributed by atoms with E-state index in [2.05, 4.69) is 22.9 Å². The van der Waals surface area contributed by atoms with E-state index in [-0.39, 0.29) is 0 Å². The van der Waals surface area contributed by atoms with E-state index in [1.165, 1.54) is 19.3 Å². The van der Waals surface area contributed by atoms with Crippen molar-refractivity contribution in [2.24, 2.45) is 0 Å². The standard InChI is InChI=1S/C13H17N3/c1-11-4-2-3-5-16(11)10-13-6-12(7-14)8-15-9-13/h6,8-9,11H,2-5,10H2,1H3. The third kappa shape index (κ3) is 2.59. The molecule has 0 radical (unpaired) electrons. The van der Waals surface area contributed by atoms with E-state index in [1.54, 1.807) is 6.20 Å². The lowest BCUT2D eigenvalue weighted by molar-refractivity contribution is 0.152. The third-order valence-corrected chi connectivity index (χ3v) is 3.25. The van der Waals surface area contributed by atoms with Gasteiger partial charge in [-0.05, 0) is 37.9 Å². The Hall–Kier alpha value is -1.40. The fourth-order valence-electron chi connectivity index (χ4n) is 2.26. The van der Waals surface area contributed by atoms with Gasteiger partial charge in [0.05, 0.1) is 5.56 Å². The molecule has 0 saturated carbocycles. The predicted octanol–water partition coefficient (Wildman–Crippen LogP) is 2.33. The molecule has 16 heavy (non-hydrogen) atoms.